The van der Waals surface area contributed by atoms with Crippen molar-refractivity contribution in [3.05, 3.63) is 69.3 Å². The highest BCUT2D eigenvalue weighted by molar-refractivity contribution is 14.1. The van der Waals surface area contributed by atoms with Crippen molar-refractivity contribution < 1.29 is 34.0 Å². The van der Waals surface area contributed by atoms with E-state index in [-0.39, 0.29) is 37.3 Å². The summed E-state index contributed by atoms with van der Waals surface area (Å²) in [5.74, 6) is 0.525. The topological polar surface area (TPSA) is 118 Å². The number of aliphatic hydroxyl groups excluding tert-OH is 2. The monoisotopic (exact) mass is 650 g/mol. The molecule has 210 valence electrons. The summed E-state index contributed by atoms with van der Waals surface area (Å²) in [5.41, 5.74) is 1.39. The van der Waals surface area contributed by atoms with Crippen molar-refractivity contribution in [3.63, 3.8) is 0 Å². The summed E-state index contributed by atoms with van der Waals surface area (Å²) in [6, 6.07) is 14.4. The second-order valence-electron chi connectivity index (χ2n) is 9.64. The van der Waals surface area contributed by atoms with Crippen LogP contribution in [0.4, 0.5) is 0 Å². The first-order valence-electron chi connectivity index (χ1n) is 13.1. The normalized spacial score (nSPS) is 22.6. The van der Waals surface area contributed by atoms with Gasteiger partial charge in [-0.2, -0.15) is 0 Å². The molecule has 9 nitrogen and oxygen atoms in total. The Balaban J connectivity index is 1.64. The summed E-state index contributed by atoms with van der Waals surface area (Å²) >= 11 is 2.16. The second-order valence-corrected chi connectivity index (χ2v) is 10.8. The van der Waals surface area contributed by atoms with Gasteiger partial charge in [-0.25, -0.2) is 0 Å². The van der Waals surface area contributed by atoms with Crippen molar-refractivity contribution in [2.75, 3.05) is 40.0 Å². The van der Waals surface area contributed by atoms with Gasteiger partial charge in [-0.05, 0) is 71.3 Å². The number of hydrogen-bond donors (Lipinski definition) is 3. The van der Waals surface area contributed by atoms with Gasteiger partial charge in [-0.3, -0.25) is 9.59 Å². The van der Waals surface area contributed by atoms with Crippen LogP contribution >= 0.6 is 22.6 Å². The predicted octanol–water partition coefficient (Wildman–Crippen LogP) is 2.32. The number of aliphatic hydroxyl groups is 2. The van der Waals surface area contributed by atoms with E-state index in [1.807, 2.05) is 42.5 Å². The standard InChI is InChI=1S/C29H35IN2O7/c1-37-22-6-4-5-19(15-22)9-12-32(29(36)20-10-14-38-18-20)24-16-21(28(35)31-11-13-33)17-26(27(24)34)39-25-8-3-2-7-23(25)30/h2-8,15,17,20,24,26-27,33-34H,9-14,16,18H2,1H3,(H,31,35). The molecule has 4 rings (SSSR count). The Kier molecular flexibility index (Phi) is 10.6. The molecule has 2 aromatic carbocycles. The summed E-state index contributed by atoms with van der Waals surface area (Å²) in [6.07, 6.45) is 0.993. The summed E-state index contributed by atoms with van der Waals surface area (Å²) in [4.78, 5) is 28.5. The number of halogens is 1. The van der Waals surface area contributed by atoms with Crippen LogP contribution in [0.2, 0.25) is 0 Å². The molecule has 4 atom stereocenters. The SMILES string of the molecule is COc1cccc(CCN(C(=O)C2CCOC2)C2CC(C(=O)NCCO)=CC(Oc3ccccc3I)C2O)c1. The number of nitrogens with zero attached hydrogens (tertiary/aromatic N) is 1. The molecule has 0 aromatic heterocycles. The molecule has 0 radical (unpaired) electrons. The number of benzene rings is 2. The molecule has 10 heteroatoms. The molecule has 1 heterocycles. The molecule has 2 amide bonds. The number of rotatable bonds is 11. The number of carbonyl (C=O) groups excluding carboxylic acids is 2. The minimum absolute atomic E-state index is 0.101. The fourth-order valence-corrected chi connectivity index (χ4v) is 5.46. The van der Waals surface area contributed by atoms with E-state index in [1.165, 1.54) is 0 Å². The number of carbonyl (C=O) groups is 2. The van der Waals surface area contributed by atoms with Crippen molar-refractivity contribution in [1.82, 2.24) is 10.2 Å². The van der Waals surface area contributed by atoms with E-state index in [4.69, 9.17) is 14.2 Å². The zero-order valence-electron chi connectivity index (χ0n) is 21.9. The van der Waals surface area contributed by atoms with Crippen molar-refractivity contribution in [1.29, 1.82) is 0 Å². The van der Waals surface area contributed by atoms with Crippen LogP contribution in [0, 0.1) is 9.49 Å². The summed E-state index contributed by atoms with van der Waals surface area (Å²) in [6.45, 7) is 1.09. The van der Waals surface area contributed by atoms with E-state index in [9.17, 15) is 19.8 Å². The number of hydrogen-bond acceptors (Lipinski definition) is 7. The molecule has 39 heavy (non-hydrogen) atoms. The van der Waals surface area contributed by atoms with E-state index < -0.39 is 18.2 Å². The Morgan fingerprint density at radius 3 is 2.74 bits per heavy atom. The van der Waals surface area contributed by atoms with Gasteiger partial charge < -0.3 is 34.6 Å². The maximum atomic E-state index is 13.8. The van der Waals surface area contributed by atoms with Crippen LogP contribution in [0.25, 0.3) is 0 Å². The Morgan fingerprint density at radius 2 is 2.03 bits per heavy atom. The molecule has 4 unspecified atom stereocenters. The molecule has 1 aliphatic carbocycles. The molecule has 0 saturated carbocycles. The lowest BCUT2D eigenvalue weighted by Crippen LogP contribution is -2.56. The van der Waals surface area contributed by atoms with Crippen molar-refractivity contribution >= 4 is 34.4 Å². The van der Waals surface area contributed by atoms with Crippen LogP contribution in [0.1, 0.15) is 18.4 Å². The molecule has 0 spiro atoms. The van der Waals surface area contributed by atoms with E-state index in [0.29, 0.717) is 43.9 Å². The van der Waals surface area contributed by atoms with E-state index in [1.54, 1.807) is 24.2 Å². The van der Waals surface area contributed by atoms with E-state index >= 15 is 0 Å². The summed E-state index contributed by atoms with van der Waals surface area (Å²) < 4.78 is 17.9. The van der Waals surface area contributed by atoms with Crippen LogP contribution in [-0.4, -0.2) is 85.2 Å². The average Bonchev–Trinajstić information content (AvgIpc) is 3.50. The van der Waals surface area contributed by atoms with Gasteiger partial charge in [0.2, 0.25) is 11.8 Å². The Bertz CT molecular complexity index is 1170. The largest absolute Gasteiger partial charge is 0.497 e. The molecule has 1 aliphatic heterocycles. The first kappa shape index (κ1) is 29.3. The third kappa shape index (κ3) is 7.50. The van der Waals surface area contributed by atoms with E-state index in [0.717, 1.165) is 14.9 Å². The maximum absolute atomic E-state index is 13.8. The van der Waals surface area contributed by atoms with Crippen LogP contribution in [0.5, 0.6) is 11.5 Å². The highest BCUT2D eigenvalue weighted by Crippen LogP contribution is 2.31. The Morgan fingerprint density at radius 1 is 1.21 bits per heavy atom. The second kappa shape index (κ2) is 14.1. The van der Waals surface area contributed by atoms with Gasteiger partial charge in [0.25, 0.3) is 0 Å². The molecule has 3 N–H and O–H groups in total. The lowest BCUT2D eigenvalue weighted by Gasteiger charge is -2.41. The third-order valence-corrected chi connectivity index (χ3v) is 7.94. The van der Waals surface area contributed by atoms with Gasteiger partial charge in [0.15, 0.2) is 0 Å². The van der Waals surface area contributed by atoms with Crippen molar-refractivity contribution in [2.24, 2.45) is 5.92 Å². The zero-order chi connectivity index (χ0) is 27.8. The summed E-state index contributed by atoms with van der Waals surface area (Å²) in [7, 11) is 1.61. The number of methoxy groups -OCH3 is 1. The first-order chi connectivity index (χ1) is 18.9. The van der Waals surface area contributed by atoms with Gasteiger partial charge in [-0.15, -0.1) is 0 Å². The van der Waals surface area contributed by atoms with Gasteiger partial charge in [0.1, 0.15) is 23.7 Å². The summed E-state index contributed by atoms with van der Waals surface area (Å²) in [5, 5.41) is 23.5. The zero-order valence-corrected chi connectivity index (χ0v) is 24.1. The number of ether oxygens (including phenoxy) is 3. The van der Waals surface area contributed by atoms with Gasteiger partial charge in [0, 0.05) is 31.7 Å². The molecular formula is C29H35IN2O7. The first-order valence-corrected chi connectivity index (χ1v) is 14.2. The average molecular weight is 651 g/mol. The maximum Gasteiger partial charge on any atom is 0.247 e. The number of para-hydroxylation sites is 1. The highest BCUT2D eigenvalue weighted by atomic mass is 127. The minimum atomic E-state index is -1.08. The Hall–Kier alpha value is -2.67. The quantitative estimate of drug-likeness (QED) is 0.320. The van der Waals surface area contributed by atoms with Crippen molar-refractivity contribution in [2.45, 2.75) is 37.5 Å². The van der Waals surface area contributed by atoms with Crippen LogP contribution in [-0.2, 0) is 20.7 Å². The van der Waals surface area contributed by atoms with Crippen molar-refractivity contribution in [3.8, 4) is 11.5 Å². The van der Waals surface area contributed by atoms with Gasteiger partial charge >= 0.3 is 0 Å². The smallest absolute Gasteiger partial charge is 0.247 e. The fourth-order valence-electron chi connectivity index (χ4n) is 4.95. The van der Waals surface area contributed by atoms with Gasteiger partial charge in [0.05, 0.1) is 35.9 Å². The number of nitrogens with one attached hydrogen (secondary N) is 1. The molecule has 1 saturated heterocycles. The predicted molar refractivity (Wildman–Crippen MR) is 154 cm³/mol. The van der Waals surface area contributed by atoms with Crippen LogP contribution in [0.3, 0.4) is 0 Å². The van der Waals surface area contributed by atoms with Gasteiger partial charge in [-0.1, -0.05) is 24.3 Å². The molecule has 2 aliphatic rings. The molecule has 0 bridgehead atoms. The molecule has 2 aromatic rings. The third-order valence-electron chi connectivity index (χ3n) is 7.05. The van der Waals surface area contributed by atoms with Crippen LogP contribution in [0.15, 0.2) is 60.2 Å². The highest BCUT2D eigenvalue weighted by Gasteiger charge is 2.42. The molecular weight excluding hydrogens is 615 g/mol. The minimum Gasteiger partial charge on any atom is -0.497 e. The lowest BCUT2D eigenvalue weighted by molar-refractivity contribution is -0.142. The fraction of sp³-hybridized carbons (Fsp3) is 0.448. The van der Waals surface area contributed by atoms with Crippen LogP contribution < -0.4 is 14.8 Å². The lowest BCUT2D eigenvalue weighted by atomic mass is 9.87. The number of amides is 2. The van der Waals surface area contributed by atoms with E-state index in [2.05, 4.69) is 27.9 Å². The molecule has 1 fully saturated rings. The Labute approximate surface area is 242 Å².